The van der Waals surface area contributed by atoms with E-state index in [0.29, 0.717) is 0 Å². The minimum Gasteiger partial charge on any atom is -0.311 e. The third-order valence-electron chi connectivity index (χ3n) is 2.45. The molecule has 0 saturated carbocycles. The maximum atomic E-state index is 5.82. The van der Waals surface area contributed by atoms with Gasteiger partial charge >= 0.3 is 0 Å². The SMILES string of the molecule is Clc1ccc(CCNCc2ccncn2)cc1. The lowest BCUT2D eigenvalue weighted by Gasteiger charge is -2.04. The number of nitrogens with zero attached hydrogens (tertiary/aromatic N) is 2. The molecule has 0 aliphatic rings. The van der Waals surface area contributed by atoms with Gasteiger partial charge in [0, 0.05) is 17.8 Å². The summed E-state index contributed by atoms with van der Waals surface area (Å²) in [6.45, 7) is 1.70. The van der Waals surface area contributed by atoms with Gasteiger partial charge in [0.2, 0.25) is 0 Å². The van der Waals surface area contributed by atoms with Crippen molar-refractivity contribution in [2.24, 2.45) is 0 Å². The van der Waals surface area contributed by atoms with Crippen LogP contribution in [0.5, 0.6) is 0 Å². The van der Waals surface area contributed by atoms with Crippen LogP contribution in [0.4, 0.5) is 0 Å². The first-order chi connectivity index (χ1) is 8.34. The largest absolute Gasteiger partial charge is 0.311 e. The maximum absolute atomic E-state index is 5.82. The molecule has 0 aliphatic heterocycles. The van der Waals surface area contributed by atoms with E-state index in [4.69, 9.17) is 11.6 Å². The van der Waals surface area contributed by atoms with Crippen LogP contribution in [-0.2, 0) is 13.0 Å². The molecule has 0 radical (unpaired) electrons. The fraction of sp³-hybridized carbons (Fsp3) is 0.231. The van der Waals surface area contributed by atoms with Gasteiger partial charge in [-0.15, -0.1) is 0 Å². The van der Waals surface area contributed by atoms with Crippen LogP contribution in [0.1, 0.15) is 11.3 Å². The van der Waals surface area contributed by atoms with Crippen molar-refractivity contribution in [1.82, 2.24) is 15.3 Å². The fourth-order valence-electron chi connectivity index (χ4n) is 1.52. The van der Waals surface area contributed by atoms with E-state index in [1.807, 2.05) is 18.2 Å². The zero-order valence-corrected chi connectivity index (χ0v) is 10.2. The summed E-state index contributed by atoms with van der Waals surface area (Å²) in [5, 5.41) is 4.12. The predicted molar refractivity (Wildman–Crippen MR) is 68.9 cm³/mol. The van der Waals surface area contributed by atoms with Crippen molar-refractivity contribution in [3.63, 3.8) is 0 Å². The number of hydrogen-bond donors (Lipinski definition) is 1. The minimum absolute atomic E-state index is 0.774. The Hall–Kier alpha value is -1.45. The third kappa shape index (κ3) is 4.13. The zero-order valence-electron chi connectivity index (χ0n) is 9.44. The Bertz CT molecular complexity index is 442. The summed E-state index contributed by atoms with van der Waals surface area (Å²) < 4.78 is 0. The summed E-state index contributed by atoms with van der Waals surface area (Å²) in [5.74, 6) is 0. The Morgan fingerprint density at radius 3 is 2.65 bits per heavy atom. The van der Waals surface area contributed by atoms with Crippen LogP contribution in [0.25, 0.3) is 0 Å². The molecule has 17 heavy (non-hydrogen) atoms. The van der Waals surface area contributed by atoms with E-state index in [-0.39, 0.29) is 0 Å². The standard InChI is InChI=1S/C13H14ClN3/c14-12-3-1-11(2-4-12)5-7-15-9-13-6-8-16-10-17-13/h1-4,6,8,10,15H,5,7,9H2. The topological polar surface area (TPSA) is 37.8 Å². The predicted octanol–water partition coefficient (Wildman–Crippen LogP) is 2.46. The van der Waals surface area contributed by atoms with Gasteiger partial charge in [0.15, 0.2) is 0 Å². The number of aromatic nitrogens is 2. The average molecular weight is 248 g/mol. The first-order valence-electron chi connectivity index (χ1n) is 5.54. The number of nitrogens with one attached hydrogen (secondary N) is 1. The summed E-state index contributed by atoms with van der Waals surface area (Å²) in [5.41, 5.74) is 2.29. The van der Waals surface area contributed by atoms with Gasteiger partial charge in [-0.3, -0.25) is 0 Å². The van der Waals surface area contributed by atoms with Gasteiger partial charge in [-0.25, -0.2) is 9.97 Å². The number of rotatable bonds is 5. The molecular formula is C13H14ClN3. The lowest BCUT2D eigenvalue weighted by molar-refractivity contribution is 0.673. The van der Waals surface area contributed by atoms with Crippen molar-refractivity contribution in [3.8, 4) is 0 Å². The lowest BCUT2D eigenvalue weighted by Crippen LogP contribution is -2.17. The van der Waals surface area contributed by atoms with Crippen molar-refractivity contribution in [3.05, 3.63) is 59.1 Å². The molecule has 1 aromatic heterocycles. The van der Waals surface area contributed by atoms with Gasteiger partial charge < -0.3 is 5.32 Å². The van der Waals surface area contributed by atoms with E-state index in [0.717, 1.165) is 30.2 Å². The van der Waals surface area contributed by atoms with Crippen molar-refractivity contribution in [1.29, 1.82) is 0 Å². The molecule has 0 amide bonds. The Morgan fingerprint density at radius 2 is 1.94 bits per heavy atom. The van der Waals surface area contributed by atoms with Gasteiger partial charge in [-0.1, -0.05) is 23.7 Å². The molecule has 0 aliphatic carbocycles. The molecule has 0 atom stereocenters. The van der Waals surface area contributed by atoms with Gasteiger partial charge in [0.25, 0.3) is 0 Å². The third-order valence-corrected chi connectivity index (χ3v) is 2.71. The Balaban J connectivity index is 1.71. The molecule has 3 nitrogen and oxygen atoms in total. The van der Waals surface area contributed by atoms with Crippen LogP contribution in [0.15, 0.2) is 42.9 Å². The van der Waals surface area contributed by atoms with Gasteiger partial charge in [0.1, 0.15) is 6.33 Å². The summed E-state index contributed by atoms with van der Waals surface area (Å²) >= 11 is 5.82. The molecule has 0 saturated heterocycles. The van der Waals surface area contributed by atoms with E-state index >= 15 is 0 Å². The Labute approximate surface area is 106 Å². The monoisotopic (exact) mass is 247 g/mol. The first kappa shape index (κ1) is 12.0. The summed E-state index contributed by atoms with van der Waals surface area (Å²) in [6.07, 6.45) is 4.31. The van der Waals surface area contributed by atoms with E-state index in [9.17, 15) is 0 Å². The van der Waals surface area contributed by atoms with Crippen molar-refractivity contribution in [2.45, 2.75) is 13.0 Å². The highest BCUT2D eigenvalue weighted by Crippen LogP contribution is 2.09. The minimum atomic E-state index is 0.774. The smallest absolute Gasteiger partial charge is 0.115 e. The van der Waals surface area contributed by atoms with Crippen LogP contribution in [0.3, 0.4) is 0 Å². The summed E-state index contributed by atoms with van der Waals surface area (Å²) in [6, 6.07) is 9.85. The molecule has 88 valence electrons. The lowest BCUT2D eigenvalue weighted by atomic mass is 10.1. The van der Waals surface area contributed by atoms with E-state index in [2.05, 4.69) is 27.4 Å². The van der Waals surface area contributed by atoms with Gasteiger partial charge in [0.05, 0.1) is 5.69 Å². The number of benzene rings is 1. The molecule has 1 heterocycles. The van der Waals surface area contributed by atoms with Crippen molar-refractivity contribution >= 4 is 11.6 Å². The normalized spacial score (nSPS) is 10.4. The second-order valence-electron chi connectivity index (χ2n) is 3.75. The molecule has 1 aromatic carbocycles. The highest BCUT2D eigenvalue weighted by atomic mass is 35.5. The molecule has 2 aromatic rings. The van der Waals surface area contributed by atoms with E-state index in [1.165, 1.54) is 5.56 Å². The average Bonchev–Trinajstić information content (AvgIpc) is 2.38. The van der Waals surface area contributed by atoms with Crippen LogP contribution in [0, 0.1) is 0 Å². The van der Waals surface area contributed by atoms with Crippen LogP contribution in [0.2, 0.25) is 5.02 Å². The summed E-state index contributed by atoms with van der Waals surface area (Å²) in [4.78, 5) is 8.02. The molecule has 0 bridgehead atoms. The fourth-order valence-corrected chi connectivity index (χ4v) is 1.65. The first-order valence-corrected chi connectivity index (χ1v) is 5.92. The molecule has 0 spiro atoms. The molecule has 2 rings (SSSR count). The number of hydrogen-bond acceptors (Lipinski definition) is 3. The quantitative estimate of drug-likeness (QED) is 0.825. The summed E-state index contributed by atoms with van der Waals surface area (Å²) in [7, 11) is 0. The zero-order chi connectivity index (χ0) is 11.9. The van der Waals surface area contributed by atoms with Crippen LogP contribution < -0.4 is 5.32 Å². The van der Waals surface area contributed by atoms with Crippen LogP contribution in [-0.4, -0.2) is 16.5 Å². The van der Waals surface area contributed by atoms with Gasteiger partial charge in [-0.2, -0.15) is 0 Å². The van der Waals surface area contributed by atoms with Crippen LogP contribution >= 0.6 is 11.6 Å². The Kier molecular flexibility index (Phi) is 4.47. The molecule has 0 fully saturated rings. The molecule has 1 N–H and O–H groups in total. The highest BCUT2D eigenvalue weighted by Gasteiger charge is 1.95. The van der Waals surface area contributed by atoms with Crippen molar-refractivity contribution < 1.29 is 0 Å². The second kappa shape index (κ2) is 6.33. The molecule has 0 unspecified atom stereocenters. The second-order valence-corrected chi connectivity index (χ2v) is 4.19. The Morgan fingerprint density at radius 1 is 1.12 bits per heavy atom. The van der Waals surface area contributed by atoms with E-state index < -0.39 is 0 Å². The van der Waals surface area contributed by atoms with E-state index in [1.54, 1.807) is 12.5 Å². The molecule has 4 heteroatoms. The van der Waals surface area contributed by atoms with Crippen molar-refractivity contribution in [2.75, 3.05) is 6.54 Å². The molecular weight excluding hydrogens is 234 g/mol. The highest BCUT2D eigenvalue weighted by molar-refractivity contribution is 6.30. The number of halogens is 1. The maximum Gasteiger partial charge on any atom is 0.115 e. The van der Waals surface area contributed by atoms with Gasteiger partial charge in [-0.05, 0) is 36.7 Å².